The smallest absolute Gasteiger partial charge is 0.0707 e. The lowest BCUT2D eigenvalue weighted by molar-refractivity contribution is 0.177. The van der Waals surface area contributed by atoms with Crippen LogP contribution < -0.4 is 0 Å². The fourth-order valence-corrected chi connectivity index (χ4v) is 5.54. The standard InChI is InChI=1S/C18H28OS2/c1-12-13(2)21-17(11-20-12)16(19)10-14-6-8-15(9-7-14)18(3,4)5/h6-9,12-13,16-17,19H,10-11H2,1-5H3. The average molecular weight is 325 g/mol. The molecular weight excluding hydrogens is 296 g/mol. The molecule has 2 rings (SSSR count). The number of aliphatic hydroxyl groups excluding tert-OH is 1. The maximum Gasteiger partial charge on any atom is 0.0707 e. The maximum absolute atomic E-state index is 10.5. The summed E-state index contributed by atoms with van der Waals surface area (Å²) >= 11 is 3.96. The lowest BCUT2D eigenvalue weighted by atomic mass is 9.86. The Bertz CT molecular complexity index is 449. The van der Waals surface area contributed by atoms with Crippen LogP contribution in [0.4, 0.5) is 0 Å². The summed E-state index contributed by atoms with van der Waals surface area (Å²) in [6.45, 7) is 11.3. The molecule has 1 nitrogen and oxygen atoms in total. The molecule has 1 N–H and O–H groups in total. The highest BCUT2D eigenvalue weighted by Crippen LogP contribution is 2.37. The molecule has 0 aromatic heterocycles. The number of benzene rings is 1. The largest absolute Gasteiger partial charge is 0.392 e. The zero-order chi connectivity index (χ0) is 15.6. The van der Waals surface area contributed by atoms with Crippen molar-refractivity contribution in [1.29, 1.82) is 0 Å². The summed E-state index contributed by atoms with van der Waals surface area (Å²) < 4.78 is 0. The van der Waals surface area contributed by atoms with Crippen LogP contribution in [0.5, 0.6) is 0 Å². The first-order valence-electron chi connectivity index (χ1n) is 7.82. The summed E-state index contributed by atoms with van der Waals surface area (Å²) in [7, 11) is 0. The van der Waals surface area contributed by atoms with Gasteiger partial charge in [0.15, 0.2) is 0 Å². The van der Waals surface area contributed by atoms with E-state index in [1.807, 2.05) is 23.5 Å². The van der Waals surface area contributed by atoms with Crippen molar-refractivity contribution in [3.8, 4) is 0 Å². The van der Waals surface area contributed by atoms with Crippen molar-refractivity contribution in [2.24, 2.45) is 0 Å². The van der Waals surface area contributed by atoms with E-state index in [1.165, 1.54) is 11.1 Å². The van der Waals surface area contributed by atoms with Gasteiger partial charge in [0.1, 0.15) is 0 Å². The SMILES string of the molecule is CC1SCC(C(O)Cc2ccc(C(C)(C)C)cc2)SC1C. The van der Waals surface area contributed by atoms with Gasteiger partial charge in [0.25, 0.3) is 0 Å². The quantitative estimate of drug-likeness (QED) is 0.883. The van der Waals surface area contributed by atoms with E-state index in [-0.39, 0.29) is 11.5 Å². The highest BCUT2D eigenvalue weighted by molar-refractivity contribution is 8.07. The highest BCUT2D eigenvalue weighted by atomic mass is 32.2. The third-order valence-corrected chi connectivity index (χ3v) is 7.80. The minimum absolute atomic E-state index is 0.193. The molecule has 1 aromatic carbocycles. The Morgan fingerprint density at radius 1 is 1.14 bits per heavy atom. The molecule has 3 heteroatoms. The molecule has 4 atom stereocenters. The third-order valence-electron chi connectivity index (χ3n) is 4.27. The van der Waals surface area contributed by atoms with Crippen LogP contribution in [0.1, 0.15) is 45.7 Å². The van der Waals surface area contributed by atoms with Crippen LogP contribution in [0, 0.1) is 0 Å². The topological polar surface area (TPSA) is 20.2 Å². The number of aliphatic hydroxyl groups is 1. The lowest BCUT2D eigenvalue weighted by Gasteiger charge is -2.34. The van der Waals surface area contributed by atoms with E-state index >= 15 is 0 Å². The molecule has 0 amide bonds. The van der Waals surface area contributed by atoms with Gasteiger partial charge >= 0.3 is 0 Å². The molecule has 0 spiro atoms. The van der Waals surface area contributed by atoms with Crippen LogP contribution >= 0.6 is 23.5 Å². The van der Waals surface area contributed by atoms with Crippen LogP contribution in [0.25, 0.3) is 0 Å². The Kier molecular flexibility index (Phi) is 5.72. The molecule has 1 aromatic rings. The van der Waals surface area contributed by atoms with Crippen molar-refractivity contribution in [3.05, 3.63) is 35.4 Å². The average Bonchev–Trinajstić information content (AvgIpc) is 2.41. The van der Waals surface area contributed by atoms with E-state index in [0.29, 0.717) is 15.7 Å². The first kappa shape index (κ1) is 17.2. The molecule has 0 aliphatic carbocycles. The monoisotopic (exact) mass is 324 g/mol. The maximum atomic E-state index is 10.5. The van der Waals surface area contributed by atoms with Gasteiger partial charge in [-0.15, -0.1) is 0 Å². The van der Waals surface area contributed by atoms with Crippen LogP contribution in [0.15, 0.2) is 24.3 Å². The Morgan fingerprint density at radius 3 is 2.29 bits per heavy atom. The van der Waals surface area contributed by atoms with E-state index in [9.17, 15) is 5.11 Å². The number of thioether (sulfide) groups is 2. The zero-order valence-corrected chi connectivity index (χ0v) is 15.4. The van der Waals surface area contributed by atoms with Crippen LogP contribution in [-0.2, 0) is 11.8 Å². The molecule has 1 fully saturated rings. The van der Waals surface area contributed by atoms with Crippen molar-refractivity contribution in [1.82, 2.24) is 0 Å². The predicted molar refractivity (Wildman–Crippen MR) is 97.6 cm³/mol. The fraction of sp³-hybridized carbons (Fsp3) is 0.667. The highest BCUT2D eigenvalue weighted by Gasteiger charge is 2.30. The lowest BCUT2D eigenvalue weighted by Crippen LogP contribution is -2.35. The Balaban J connectivity index is 1.95. The summed E-state index contributed by atoms with van der Waals surface area (Å²) in [5.74, 6) is 1.07. The number of hydrogen-bond acceptors (Lipinski definition) is 3. The van der Waals surface area contributed by atoms with Crippen molar-refractivity contribution in [2.75, 3.05) is 5.75 Å². The van der Waals surface area contributed by atoms with E-state index in [0.717, 1.165) is 12.2 Å². The van der Waals surface area contributed by atoms with E-state index in [4.69, 9.17) is 0 Å². The van der Waals surface area contributed by atoms with Gasteiger partial charge in [0.05, 0.1) is 6.10 Å². The molecule has 1 aliphatic heterocycles. The molecule has 118 valence electrons. The number of rotatable bonds is 3. The minimum atomic E-state index is -0.238. The molecule has 4 unspecified atom stereocenters. The van der Waals surface area contributed by atoms with Crippen molar-refractivity contribution in [2.45, 2.75) is 68.3 Å². The summed E-state index contributed by atoms with van der Waals surface area (Å²) in [6, 6.07) is 8.76. The van der Waals surface area contributed by atoms with E-state index < -0.39 is 0 Å². The van der Waals surface area contributed by atoms with E-state index in [2.05, 4.69) is 58.9 Å². The molecule has 21 heavy (non-hydrogen) atoms. The Morgan fingerprint density at radius 2 is 1.76 bits per heavy atom. The summed E-state index contributed by atoms with van der Waals surface area (Å²) in [5, 5.41) is 12.2. The Hall–Kier alpha value is -0.120. The molecule has 1 aliphatic rings. The summed E-state index contributed by atoms with van der Waals surface area (Å²) in [6.07, 6.45) is 0.530. The summed E-state index contributed by atoms with van der Waals surface area (Å²) in [4.78, 5) is 0. The van der Waals surface area contributed by atoms with Gasteiger partial charge < -0.3 is 5.11 Å². The zero-order valence-electron chi connectivity index (χ0n) is 13.8. The van der Waals surface area contributed by atoms with Crippen molar-refractivity contribution >= 4 is 23.5 Å². The summed E-state index contributed by atoms with van der Waals surface area (Å²) in [5.41, 5.74) is 2.79. The van der Waals surface area contributed by atoms with E-state index in [1.54, 1.807) is 0 Å². The van der Waals surface area contributed by atoms with Crippen molar-refractivity contribution < 1.29 is 5.11 Å². The van der Waals surface area contributed by atoms with Crippen LogP contribution in [-0.4, -0.2) is 32.7 Å². The molecule has 0 bridgehead atoms. The van der Waals surface area contributed by atoms with Gasteiger partial charge in [-0.3, -0.25) is 0 Å². The molecule has 1 saturated heterocycles. The van der Waals surface area contributed by atoms with Gasteiger partial charge in [-0.1, -0.05) is 58.9 Å². The van der Waals surface area contributed by atoms with Gasteiger partial charge in [-0.05, 0) is 23.0 Å². The van der Waals surface area contributed by atoms with Crippen LogP contribution in [0.2, 0.25) is 0 Å². The first-order chi connectivity index (χ1) is 9.77. The number of hydrogen-bond donors (Lipinski definition) is 1. The minimum Gasteiger partial charge on any atom is -0.392 e. The molecule has 0 radical (unpaired) electrons. The Labute approximate surface area is 138 Å². The first-order valence-corrected chi connectivity index (χ1v) is 9.81. The molecule has 0 saturated carbocycles. The van der Waals surface area contributed by atoms with Gasteiger partial charge in [-0.25, -0.2) is 0 Å². The predicted octanol–water partition coefficient (Wildman–Crippen LogP) is 4.51. The van der Waals surface area contributed by atoms with Gasteiger partial charge in [0.2, 0.25) is 0 Å². The second-order valence-corrected chi connectivity index (χ2v) is 10.2. The van der Waals surface area contributed by atoms with Gasteiger partial charge in [-0.2, -0.15) is 23.5 Å². The second-order valence-electron chi connectivity index (χ2n) is 7.14. The normalized spacial score (nSPS) is 28.4. The fourth-order valence-electron chi connectivity index (χ4n) is 2.52. The van der Waals surface area contributed by atoms with Crippen molar-refractivity contribution in [3.63, 3.8) is 0 Å². The third kappa shape index (κ3) is 4.67. The van der Waals surface area contributed by atoms with Crippen LogP contribution in [0.3, 0.4) is 0 Å². The molecule has 1 heterocycles. The van der Waals surface area contributed by atoms with Gasteiger partial charge in [0, 0.05) is 21.5 Å². The second kappa shape index (κ2) is 6.97. The molecular formula is C18H28OS2.